The highest BCUT2D eigenvalue weighted by atomic mass is 19.1. The Balaban J connectivity index is 1.72. The molecule has 0 aliphatic heterocycles. The molecule has 0 spiro atoms. The maximum absolute atomic E-state index is 14.0. The number of furan rings is 1. The van der Waals surface area contributed by atoms with Crippen molar-refractivity contribution in [1.29, 1.82) is 0 Å². The van der Waals surface area contributed by atoms with Crippen molar-refractivity contribution >= 4 is 5.91 Å². The second-order valence-corrected chi connectivity index (χ2v) is 6.43. The van der Waals surface area contributed by atoms with E-state index in [1.54, 1.807) is 44.2 Å². The number of nitrogens with one attached hydrogen (secondary N) is 1. The summed E-state index contributed by atoms with van der Waals surface area (Å²) in [5, 5.41) is 13.2. The number of hydrogen-bond acceptors (Lipinski definition) is 3. The lowest BCUT2D eigenvalue weighted by Crippen LogP contribution is -2.43. The van der Waals surface area contributed by atoms with Crippen molar-refractivity contribution in [3.63, 3.8) is 0 Å². The highest BCUT2D eigenvalue weighted by Gasteiger charge is 2.52. The number of carbonyl (C=O) groups is 1. The minimum atomic E-state index is -1.31. The van der Waals surface area contributed by atoms with Crippen molar-refractivity contribution in [3.05, 3.63) is 59.3 Å². The van der Waals surface area contributed by atoms with Crippen LogP contribution in [0.2, 0.25) is 0 Å². The molecular weight excluding hydrogens is 297 g/mol. The van der Waals surface area contributed by atoms with Gasteiger partial charge in [0.1, 0.15) is 22.9 Å². The van der Waals surface area contributed by atoms with E-state index in [2.05, 4.69) is 5.32 Å². The van der Waals surface area contributed by atoms with Gasteiger partial charge >= 0.3 is 0 Å². The van der Waals surface area contributed by atoms with E-state index in [1.807, 2.05) is 0 Å². The molecule has 1 unspecified atom stereocenters. The van der Waals surface area contributed by atoms with E-state index < -0.39 is 11.0 Å². The van der Waals surface area contributed by atoms with Crippen LogP contribution < -0.4 is 5.32 Å². The molecule has 1 fully saturated rings. The third kappa shape index (κ3) is 2.88. The molecule has 0 saturated heterocycles. The Labute approximate surface area is 134 Å². The molecule has 23 heavy (non-hydrogen) atoms. The summed E-state index contributed by atoms with van der Waals surface area (Å²) < 4.78 is 19.4. The largest absolute Gasteiger partial charge is 0.463 e. The number of aliphatic hydroxyl groups is 1. The van der Waals surface area contributed by atoms with Crippen LogP contribution in [0.4, 0.5) is 4.39 Å². The predicted molar refractivity (Wildman–Crippen MR) is 83.3 cm³/mol. The van der Waals surface area contributed by atoms with E-state index in [0.717, 1.165) is 0 Å². The monoisotopic (exact) mass is 317 g/mol. The molecule has 2 N–H and O–H groups in total. The van der Waals surface area contributed by atoms with E-state index in [-0.39, 0.29) is 18.3 Å². The van der Waals surface area contributed by atoms with Gasteiger partial charge in [-0.05, 0) is 44.9 Å². The van der Waals surface area contributed by atoms with Gasteiger partial charge in [-0.15, -0.1) is 0 Å². The van der Waals surface area contributed by atoms with E-state index >= 15 is 0 Å². The summed E-state index contributed by atoms with van der Waals surface area (Å²) in [6.45, 7) is 3.37. The first-order valence-corrected chi connectivity index (χ1v) is 7.68. The van der Waals surface area contributed by atoms with Crippen LogP contribution in [0.25, 0.3) is 0 Å². The van der Waals surface area contributed by atoms with Gasteiger partial charge in [0.2, 0.25) is 5.91 Å². The normalized spacial score (nSPS) is 18.3. The average Bonchev–Trinajstić information content (AvgIpc) is 3.20. The lowest BCUT2D eigenvalue weighted by Gasteiger charge is -2.23. The maximum atomic E-state index is 14.0. The predicted octanol–water partition coefficient (Wildman–Crippen LogP) is 2.78. The Kier molecular flexibility index (Phi) is 3.76. The summed E-state index contributed by atoms with van der Waals surface area (Å²) in [4.78, 5) is 12.5. The van der Waals surface area contributed by atoms with Gasteiger partial charge in [0.25, 0.3) is 0 Å². The minimum Gasteiger partial charge on any atom is -0.463 e. The van der Waals surface area contributed by atoms with E-state index in [0.29, 0.717) is 29.9 Å². The van der Waals surface area contributed by atoms with Crippen LogP contribution in [-0.4, -0.2) is 17.6 Å². The molecule has 1 aliphatic carbocycles. The fourth-order valence-electron chi connectivity index (χ4n) is 2.83. The maximum Gasteiger partial charge on any atom is 0.230 e. The highest BCUT2D eigenvalue weighted by Crippen LogP contribution is 2.49. The van der Waals surface area contributed by atoms with Gasteiger partial charge < -0.3 is 14.8 Å². The summed E-state index contributed by atoms with van der Waals surface area (Å²) in [6, 6.07) is 9.80. The Hall–Kier alpha value is -2.14. The van der Waals surface area contributed by atoms with Crippen LogP contribution in [-0.2, 0) is 15.8 Å². The van der Waals surface area contributed by atoms with Crippen LogP contribution >= 0.6 is 0 Å². The van der Waals surface area contributed by atoms with E-state index in [9.17, 15) is 14.3 Å². The Bertz CT molecular complexity index is 731. The molecule has 0 radical (unpaired) electrons. The quantitative estimate of drug-likeness (QED) is 0.891. The summed E-state index contributed by atoms with van der Waals surface area (Å²) >= 11 is 0. The van der Waals surface area contributed by atoms with Crippen LogP contribution in [0.5, 0.6) is 0 Å². The summed E-state index contributed by atoms with van der Waals surface area (Å²) in [5.74, 6) is 0.461. The van der Waals surface area contributed by atoms with Gasteiger partial charge in [-0.3, -0.25) is 4.79 Å². The Morgan fingerprint density at radius 2 is 2.04 bits per heavy atom. The lowest BCUT2D eigenvalue weighted by atomic mass is 9.94. The molecule has 4 nitrogen and oxygen atoms in total. The van der Waals surface area contributed by atoms with E-state index in [4.69, 9.17) is 4.42 Å². The van der Waals surface area contributed by atoms with Crippen molar-refractivity contribution in [2.75, 3.05) is 6.54 Å². The zero-order valence-corrected chi connectivity index (χ0v) is 13.2. The molecule has 0 bridgehead atoms. The van der Waals surface area contributed by atoms with E-state index in [1.165, 1.54) is 6.07 Å². The molecule has 2 aromatic rings. The summed E-state index contributed by atoms with van der Waals surface area (Å²) in [5.41, 5.74) is -1.69. The lowest BCUT2D eigenvalue weighted by molar-refractivity contribution is -0.125. The Morgan fingerprint density at radius 1 is 1.35 bits per heavy atom. The molecule has 1 saturated carbocycles. The fourth-order valence-corrected chi connectivity index (χ4v) is 2.83. The van der Waals surface area contributed by atoms with Gasteiger partial charge in [0.05, 0.1) is 12.0 Å². The molecule has 1 aromatic carbocycles. The van der Waals surface area contributed by atoms with Gasteiger partial charge in [-0.2, -0.15) is 0 Å². The number of carbonyl (C=O) groups excluding carboxylic acids is 1. The first-order chi connectivity index (χ1) is 10.8. The van der Waals surface area contributed by atoms with Gasteiger partial charge in [0, 0.05) is 5.56 Å². The third-order valence-corrected chi connectivity index (χ3v) is 4.44. The molecule has 1 heterocycles. The van der Waals surface area contributed by atoms with Crippen LogP contribution in [0.3, 0.4) is 0 Å². The van der Waals surface area contributed by atoms with Crippen molar-refractivity contribution in [3.8, 4) is 0 Å². The van der Waals surface area contributed by atoms with Crippen LogP contribution in [0.1, 0.15) is 36.8 Å². The molecule has 1 aliphatic rings. The SMILES string of the molecule is Cc1ccc(C(C)(O)CNC(=O)C2(c3ccccc3F)CC2)o1. The summed E-state index contributed by atoms with van der Waals surface area (Å²) in [6.07, 6.45) is 1.23. The van der Waals surface area contributed by atoms with Crippen LogP contribution in [0.15, 0.2) is 40.8 Å². The van der Waals surface area contributed by atoms with Crippen molar-refractivity contribution in [2.45, 2.75) is 37.7 Å². The summed E-state index contributed by atoms with van der Waals surface area (Å²) in [7, 11) is 0. The van der Waals surface area contributed by atoms with Crippen molar-refractivity contribution in [2.24, 2.45) is 0 Å². The zero-order chi connectivity index (χ0) is 16.7. The molecular formula is C18H20FNO3. The fraction of sp³-hybridized carbons (Fsp3) is 0.389. The topological polar surface area (TPSA) is 62.5 Å². The standard InChI is InChI=1S/C18H20FNO3/c1-12-7-8-15(23-12)17(2,22)11-20-16(21)18(9-10-18)13-5-3-4-6-14(13)19/h3-8,22H,9-11H2,1-2H3,(H,20,21). The number of benzene rings is 1. The number of hydrogen-bond donors (Lipinski definition) is 2. The number of aryl methyl sites for hydroxylation is 1. The smallest absolute Gasteiger partial charge is 0.230 e. The zero-order valence-electron chi connectivity index (χ0n) is 13.2. The molecule has 5 heteroatoms. The Morgan fingerprint density at radius 3 is 2.61 bits per heavy atom. The average molecular weight is 317 g/mol. The minimum absolute atomic E-state index is 0.00892. The highest BCUT2D eigenvalue weighted by molar-refractivity contribution is 5.91. The van der Waals surface area contributed by atoms with Crippen molar-refractivity contribution < 1.29 is 18.7 Å². The molecule has 1 atom stereocenters. The first kappa shape index (κ1) is 15.7. The van der Waals surface area contributed by atoms with Crippen LogP contribution in [0, 0.1) is 12.7 Å². The second-order valence-electron chi connectivity index (χ2n) is 6.43. The number of amides is 1. The van der Waals surface area contributed by atoms with Gasteiger partial charge in [-0.25, -0.2) is 4.39 Å². The third-order valence-electron chi connectivity index (χ3n) is 4.44. The van der Waals surface area contributed by atoms with Gasteiger partial charge in [0.15, 0.2) is 0 Å². The van der Waals surface area contributed by atoms with Gasteiger partial charge in [-0.1, -0.05) is 18.2 Å². The second kappa shape index (κ2) is 5.49. The number of halogens is 1. The first-order valence-electron chi connectivity index (χ1n) is 7.68. The number of rotatable bonds is 5. The van der Waals surface area contributed by atoms with Crippen molar-refractivity contribution in [1.82, 2.24) is 5.32 Å². The molecule has 122 valence electrons. The molecule has 1 amide bonds. The molecule has 3 rings (SSSR count). The molecule has 1 aromatic heterocycles.